The molecular formula is C18H18N4O2. The molecule has 2 amide bonds. The molecule has 0 N–H and O–H groups in total. The quantitative estimate of drug-likeness (QED) is 0.801. The second-order valence-electron chi connectivity index (χ2n) is 6.02. The van der Waals surface area contributed by atoms with Crippen LogP contribution in [0.25, 0.3) is 0 Å². The number of amides is 2. The van der Waals surface area contributed by atoms with E-state index in [-0.39, 0.29) is 11.8 Å². The molecule has 6 nitrogen and oxygen atoms in total. The Labute approximate surface area is 140 Å². The first-order chi connectivity index (χ1) is 11.7. The fourth-order valence-electron chi connectivity index (χ4n) is 3.23. The number of aromatic nitrogens is 1. The number of piperazine rings is 1. The van der Waals surface area contributed by atoms with Crippen LogP contribution >= 0.6 is 0 Å². The number of imide groups is 1. The molecule has 6 heteroatoms. The monoisotopic (exact) mass is 322 g/mol. The summed E-state index contributed by atoms with van der Waals surface area (Å²) in [5, 5.41) is 0. The van der Waals surface area contributed by atoms with E-state index in [9.17, 15) is 9.59 Å². The minimum absolute atomic E-state index is 0.192. The number of benzene rings is 1. The molecular weight excluding hydrogens is 304 g/mol. The number of anilines is 1. The lowest BCUT2D eigenvalue weighted by Crippen LogP contribution is -2.51. The van der Waals surface area contributed by atoms with Gasteiger partial charge in [-0.1, -0.05) is 18.2 Å². The Morgan fingerprint density at radius 2 is 1.46 bits per heavy atom. The third kappa shape index (κ3) is 2.55. The number of rotatable bonds is 3. The van der Waals surface area contributed by atoms with E-state index in [0.717, 1.165) is 32.0 Å². The van der Waals surface area contributed by atoms with Gasteiger partial charge in [0.2, 0.25) is 0 Å². The summed E-state index contributed by atoms with van der Waals surface area (Å²) in [6, 6.07) is 12.9. The average molecular weight is 322 g/mol. The van der Waals surface area contributed by atoms with Crippen LogP contribution in [-0.4, -0.2) is 59.4 Å². The van der Waals surface area contributed by atoms with E-state index in [1.807, 2.05) is 18.2 Å². The highest BCUT2D eigenvalue weighted by atomic mass is 16.2. The van der Waals surface area contributed by atoms with E-state index in [1.165, 1.54) is 4.90 Å². The number of fused-ring (bicyclic) bond motifs is 1. The first-order valence-electron chi connectivity index (χ1n) is 8.07. The molecule has 2 aliphatic heterocycles. The SMILES string of the molecule is O=C1c2ccccc2C(=O)N1CN1CCN(c2ccccn2)CC1. The standard InChI is InChI=1S/C18H18N4O2/c23-17-14-5-1-2-6-15(14)18(24)22(17)13-20-9-11-21(12-10-20)16-7-3-4-8-19-16/h1-8H,9-13H2. The van der Waals surface area contributed by atoms with Crippen molar-refractivity contribution in [3.8, 4) is 0 Å². The Morgan fingerprint density at radius 3 is 2.04 bits per heavy atom. The van der Waals surface area contributed by atoms with Crippen molar-refractivity contribution < 1.29 is 9.59 Å². The number of pyridine rings is 1. The zero-order chi connectivity index (χ0) is 16.5. The van der Waals surface area contributed by atoms with Crippen molar-refractivity contribution in [1.82, 2.24) is 14.8 Å². The summed E-state index contributed by atoms with van der Waals surface area (Å²) in [5.41, 5.74) is 1.02. The predicted molar refractivity (Wildman–Crippen MR) is 89.8 cm³/mol. The van der Waals surface area contributed by atoms with Gasteiger partial charge in [-0.15, -0.1) is 0 Å². The van der Waals surface area contributed by atoms with Gasteiger partial charge in [-0.3, -0.25) is 19.4 Å². The lowest BCUT2D eigenvalue weighted by molar-refractivity contribution is 0.0535. The second-order valence-corrected chi connectivity index (χ2v) is 6.02. The summed E-state index contributed by atoms with van der Waals surface area (Å²) in [4.78, 5) is 34.9. The molecule has 122 valence electrons. The van der Waals surface area contributed by atoms with Gasteiger partial charge in [-0.25, -0.2) is 4.98 Å². The van der Waals surface area contributed by atoms with Crippen molar-refractivity contribution in [3.05, 3.63) is 59.8 Å². The number of hydrogen-bond donors (Lipinski definition) is 0. The molecule has 1 saturated heterocycles. The highest BCUT2D eigenvalue weighted by molar-refractivity contribution is 6.21. The van der Waals surface area contributed by atoms with Gasteiger partial charge in [0.15, 0.2) is 0 Å². The first kappa shape index (κ1) is 14.8. The molecule has 0 atom stereocenters. The van der Waals surface area contributed by atoms with Crippen molar-refractivity contribution in [2.75, 3.05) is 37.7 Å². The van der Waals surface area contributed by atoms with Gasteiger partial charge in [0.25, 0.3) is 11.8 Å². The van der Waals surface area contributed by atoms with Crippen LogP contribution in [0.3, 0.4) is 0 Å². The first-order valence-corrected chi connectivity index (χ1v) is 8.07. The van der Waals surface area contributed by atoms with E-state index < -0.39 is 0 Å². The molecule has 0 aliphatic carbocycles. The van der Waals surface area contributed by atoms with Crippen LogP contribution in [0.4, 0.5) is 5.82 Å². The Hall–Kier alpha value is -2.73. The summed E-state index contributed by atoms with van der Waals surface area (Å²) in [5.74, 6) is 0.586. The minimum Gasteiger partial charge on any atom is -0.354 e. The Morgan fingerprint density at radius 1 is 0.833 bits per heavy atom. The summed E-state index contributed by atoms with van der Waals surface area (Å²) < 4.78 is 0. The summed E-state index contributed by atoms with van der Waals surface area (Å²) in [7, 11) is 0. The zero-order valence-electron chi connectivity index (χ0n) is 13.3. The fourth-order valence-corrected chi connectivity index (χ4v) is 3.23. The van der Waals surface area contributed by atoms with Crippen molar-refractivity contribution in [3.63, 3.8) is 0 Å². The Balaban J connectivity index is 1.40. The second kappa shape index (κ2) is 6.05. The molecule has 1 aromatic carbocycles. The Kier molecular flexibility index (Phi) is 3.74. The highest BCUT2D eigenvalue weighted by Gasteiger charge is 2.36. The lowest BCUT2D eigenvalue weighted by Gasteiger charge is -2.36. The van der Waals surface area contributed by atoms with Crippen LogP contribution < -0.4 is 4.90 Å². The summed E-state index contributed by atoms with van der Waals surface area (Å²) in [6.07, 6.45) is 1.79. The van der Waals surface area contributed by atoms with E-state index in [0.29, 0.717) is 17.8 Å². The predicted octanol–water partition coefficient (Wildman–Crippen LogP) is 1.46. The van der Waals surface area contributed by atoms with Crippen molar-refractivity contribution in [2.45, 2.75) is 0 Å². The molecule has 4 rings (SSSR count). The molecule has 2 aliphatic rings. The molecule has 0 bridgehead atoms. The molecule has 0 spiro atoms. The third-order valence-electron chi connectivity index (χ3n) is 4.57. The summed E-state index contributed by atoms with van der Waals surface area (Å²) in [6.45, 7) is 3.61. The number of carbonyl (C=O) groups excluding carboxylic acids is 2. The average Bonchev–Trinajstić information content (AvgIpc) is 2.88. The van der Waals surface area contributed by atoms with Gasteiger partial charge in [0.05, 0.1) is 17.8 Å². The van der Waals surface area contributed by atoms with Gasteiger partial charge < -0.3 is 4.90 Å². The maximum absolute atomic E-state index is 12.4. The van der Waals surface area contributed by atoms with Gasteiger partial charge in [0.1, 0.15) is 5.82 Å². The maximum atomic E-state index is 12.4. The molecule has 0 saturated carbocycles. The van der Waals surface area contributed by atoms with Crippen LogP contribution in [0, 0.1) is 0 Å². The Bertz CT molecular complexity index is 735. The molecule has 1 aromatic heterocycles. The summed E-state index contributed by atoms with van der Waals surface area (Å²) >= 11 is 0. The molecule has 0 radical (unpaired) electrons. The van der Waals surface area contributed by atoms with Gasteiger partial charge >= 0.3 is 0 Å². The maximum Gasteiger partial charge on any atom is 0.262 e. The number of hydrogen-bond acceptors (Lipinski definition) is 5. The number of carbonyl (C=O) groups is 2. The normalized spacial score (nSPS) is 18.2. The highest BCUT2D eigenvalue weighted by Crippen LogP contribution is 2.23. The van der Waals surface area contributed by atoms with Gasteiger partial charge in [-0.05, 0) is 24.3 Å². The van der Waals surface area contributed by atoms with Gasteiger partial charge in [0, 0.05) is 32.4 Å². The molecule has 3 heterocycles. The van der Waals surface area contributed by atoms with Crippen molar-refractivity contribution in [2.24, 2.45) is 0 Å². The van der Waals surface area contributed by atoms with E-state index in [1.54, 1.807) is 30.5 Å². The molecule has 2 aromatic rings. The van der Waals surface area contributed by atoms with Crippen LogP contribution in [0.1, 0.15) is 20.7 Å². The van der Waals surface area contributed by atoms with Crippen LogP contribution in [-0.2, 0) is 0 Å². The zero-order valence-corrected chi connectivity index (χ0v) is 13.3. The largest absolute Gasteiger partial charge is 0.354 e. The third-order valence-corrected chi connectivity index (χ3v) is 4.57. The van der Waals surface area contributed by atoms with Crippen molar-refractivity contribution >= 4 is 17.6 Å². The van der Waals surface area contributed by atoms with E-state index in [4.69, 9.17) is 0 Å². The van der Waals surface area contributed by atoms with E-state index in [2.05, 4.69) is 14.8 Å². The van der Waals surface area contributed by atoms with Crippen molar-refractivity contribution in [1.29, 1.82) is 0 Å². The van der Waals surface area contributed by atoms with Crippen LogP contribution in [0.5, 0.6) is 0 Å². The fraction of sp³-hybridized carbons (Fsp3) is 0.278. The minimum atomic E-state index is -0.192. The van der Waals surface area contributed by atoms with Crippen LogP contribution in [0.2, 0.25) is 0 Å². The smallest absolute Gasteiger partial charge is 0.262 e. The van der Waals surface area contributed by atoms with Gasteiger partial charge in [-0.2, -0.15) is 0 Å². The topological polar surface area (TPSA) is 56.8 Å². The lowest BCUT2D eigenvalue weighted by atomic mass is 10.1. The molecule has 0 unspecified atom stereocenters. The number of nitrogens with zero attached hydrogens (tertiary/aromatic N) is 4. The van der Waals surface area contributed by atoms with E-state index >= 15 is 0 Å². The van der Waals surface area contributed by atoms with Crippen LogP contribution in [0.15, 0.2) is 48.7 Å². The molecule has 24 heavy (non-hydrogen) atoms. The molecule has 1 fully saturated rings.